The van der Waals surface area contributed by atoms with E-state index in [2.05, 4.69) is 190 Å². The SMILES string of the molecule is O=C1N(Cc2ccccc2)c2ccccc2[C@]12CC(c1ccccc1)=C[C@@H]2c1ccccc1Br.O=C1N(Cc2ccccc2)c2ccccc2[C@]12CC(c1ccccc1)=C[C@@H]2c1ccccc1Br. The van der Waals surface area contributed by atoms with Crippen molar-refractivity contribution >= 4 is 66.2 Å². The average molecular weight is 1010 g/mol. The van der Waals surface area contributed by atoms with Crippen molar-refractivity contribution in [3.63, 3.8) is 0 Å². The van der Waals surface area contributed by atoms with Gasteiger partial charge in [0, 0.05) is 32.2 Å². The molecule has 0 radical (unpaired) electrons. The van der Waals surface area contributed by atoms with E-state index >= 15 is 0 Å². The number of nitrogens with zero attached hydrogens (tertiary/aromatic N) is 2. The van der Waals surface area contributed by atoms with Gasteiger partial charge in [0.1, 0.15) is 0 Å². The highest BCUT2D eigenvalue weighted by molar-refractivity contribution is 9.10. The Morgan fingerprint density at radius 2 is 0.721 bits per heavy atom. The number of hydrogen-bond acceptors (Lipinski definition) is 2. The van der Waals surface area contributed by atoms with Crippen LogP contribution in [-0.4, -0.2) is 11.8 Å². The van der Waals surface area contributed by atoms with Crippen LogP contribution in [0.15, 0.2) is 239 Å². The Morgan fingerprint density at radius 3 is 1.10 bits per heavy atom. The Labute approximate surface area is 415 Å². The van der Waals surface area contributed by atoms with Crippen molar-refractivity contribution in [3.05, 3.63) is 284 Å². The number of anilines is 2. The van der Waals surface area contributed by atoms with E-state index in [1.165, 1.54) is 22.3 Å². The zero-order valence-electron chi connectivity index (χ0n) is 37.4. The van der Waals surface area contributed by atoms with Crippen LogP contribution in [0.25, 0.3) is 11.1 Å². The molecule has 4 nitrogen and oxygen atoms in total. The van der Waals surface area contributed by atoms with Crippen LogP contribution < -0.4 is 9.80 Å². The maximum Gasteiger partial charge on any atom is 0.239 e. The quantitative estimate of drug-likeness (QED) is 0.152. The highest BCUT2D eigenvalue weighted by atomic mass is 79.9. The smallest absolute Gasteiger partial charge is 0.239 e. The van der Waals surface area contributed by atoms with Crippen LogP contribution >= 0.6 is 31.9 Å². The molecule has 2 aliphatic carbocycles. The molecule has 2 amide bonds. The van der Waals surface area contributed by atoms with Crippen LogP contribution in [0, 0.1) is 0 Å². The first-order valence-corrected chi connectivity index (χ1v) is 24.9. The predicted molar refractivity (Wildman–Crippen MR) is 283 cm³/mol. The molecular formula is C62H48Br2N2O2. The molecule has 4 aliphatic rings. The number of halogens is 2. The average Bonchev–Trinajstić information content (AvgIpc) is 4.11. The standard InChI is InChI=1S/2C31H24BrNO/c2*32-28-17-9-7-15-25(28)27-19-24(23-13-5-2-6-14-23)20-31(27)26-16-8-10-18-29(26)33(30(31)34)21-22-11-3-1-4-12-22/h2*1-19,27H,20-21H2/t2*27-,31+/m11/s1. The van der Waals surface area contributed by atoms with Crippen LogP contribution in [0.3, 0.4) is 0 Å². The number of carbonyl (C=O) groups excluding carboxylic acids is 2. The molecule has 0 bridgehead atoms. The first-order valence-electron chi connectivity index (χ1n) is 23.3. The largest absolute Gasteiger partial charge is 0.307 e. The third kappa shape index (κ3) is 7.51. The molecule has 0 N–H and O–H groups in total. The molecule has 0 saturated heterocycles. The number of rotatable bonds is 8. The van der Waals surface area contributed by atoms with Crippen LogP contribution in [-0.2, 0) is 33.5 Å². The minimum atomic E-state index is -0.666. The van der Waals surface area contributed by atoms with Gasteiger partial charge in [-0.25, -0.2) is 0 Å². The molecule has 12 rings (SSSR count). The van der Waals surface area contributed by atoms with Gasteiger partial charge in [-0.05, 0) is 92.8 Å². The summed E-state index contributed by atoms with van der Waals surface area (Å²) in [5.74, 6) is 0.237. The molecule has 0 saturated carbocycles. The van der Waals surface area contributed by atoms with E-state index in [1.807, 2.05) is 82.6 Å². The molecule has 0 unspecified atom stereocenters. The first kappa shape index (κ1) is 43.7. The molecule has 332 valence electrons. The van der Waals surface area contributed by atoms with Crippen molar-refractivity contribution in [2.75, 3.05) is 9.80 Å². The van der Waals surface area contributed by atoms with Crippen LogP contribution in [0.1, 0.15) is 69.2 Å². The highest BCUT2D eigenvalue weighted by Gasteiger charge is 2.59. The van der Waals surface area contributed by atoms with E-state index in [4.69, 9.17) is 0 Å². The van der Waals surface area contributed by atoms with Crippen molar-refractivity contribution in [1.82, 2.24) is 0 Å². The van der Waals surface area contributed by atoms with Crippen LogP contribution in [0.4, 0.5) is 11.4 Å². The van der Waals surface area contributed by atoms with Gasteiger partial charge >= 0.3 is 0 Å². The van der Waals surface area contributed by atoms with Gasteiger partial charge in [-0.1, -0.05) is 238 Å². The van der Waals surface area contributed by atoms with E-state index in [1.54, 1.807) is 0 Å². The molecule has 68 heavy (non-hydrogen) atoms. The summed E-state index contributed by atoms with van der Waals surface area (Å²) in [6.07, 6.45) is 6.03. The van der Waals surface area contributed by atoms with Crippen molar-refractivity contribution in [1.29, 1.82) is 0 Å². The molecule has 2 aliphatic heterocycles. The summed E-state index contributed by atoms with van der Waals surface area (Å²) in [5.41, 5.74) is 12.4. The Balaban J connectivity index is 0.000000149. The maximum atomic E-state index is 14.5. The second-order valence-corrected chi connectivity index (χ2v) is 19.9. The lowest BCUT2D eigenvalue weighted by atomic mass is 9.69. The summed E-state index contributed by atoms with van der Waals surface area (Å²) in [4.78, 5) is 33.1. The number of amides is 2. The van der Waals surface area contributed by atoms with Gasteiger partial charge in [-0.15, -0.1) is 0 Å². The Hall–Kier alpha value is -6.86. The Bertz CT molecular complexity index is 3010. The molecule has 2 spiro atoms. The second kappa shape index (κ2) is 18.3. The molecular weight excluding hydrogens is 965 g/mol. The summed E-state index contributed by atoms with van der Waals surface area (Å²) in [7, 11) is 0. The summed E-state index contributed by atoms with van der Waals surface area (Å²) < 4.78 is 2.08. The molecule has 8 aromatic carbocycles. The number of carbonyl (C=O) groups is 2. The fourth-order valence-electron chi connectivity index (χ4n) is 11.4. The molecule has 8 aromatic rings. The predicted octanol–water partition coefficient (Wildman–Crippen LogP) is 15.0. The number of benzene rings is 8. The molecule has 0 aromatic heterocycles. The molecule has 6 heteroatoms. The van der Waals surface area contributed by atoms with E-state index in [-0.39, 0.29) is 23.7 Å². The van der Waals surface area contributed by atoms with Crippen LogP contribution in [0.2, 0.25) is 0 Å². The number of allylic oxidation sites excluding steroid dienone is 4. The third-order valence-corrected chi connectivity index (χ3v) is 15.9. The zero-order valence-corrected chi connectivity index (χ0v) is 40.6. The van der Waals surface area contributed by atoms with Crippen molar-refractivity contribution in [2.24, 2.45) is 0 Å². The van der Waals surface area contributed by atoms with E-state index in [9.17, 15) is 9.59 Å². The molecule has 2 heterocycles. The highest BCUT2D eigenvalue weighted by Crippen LogP contribution is 2.61. The lowest BCUT2D eigenvalue weighted by molar-refractivity contribution is -0.124. The van der Waals surface area contributed by atoms with Gasteiger partial charge in [0.15, 0.2) is 0 Å². The zero-order chi connectivity index (χ0) is 46.2. The van der Waals surface area contributed by atoms with Crippen molar-refractivity contribution in [2.45, 2.75) is 48.6 Å². The van der Waals surface area contributed by atoms with E-state index < -0.39 is 10.8 Å². The summed E-state index contributed by atoms with van der Waals surface area (Å²) in [6, 6.07) is 74.8. The number of hydrogen-bond donors (Lipinski definition) is 0. The minimum Gasteiger partial charge on any atom is -0.307 e. The summed E-state index contributed by atoms with van der Waals surface area (Å²) in [6.45, 7) is 1.14. The second-order valence-electron chi connectivity index (χ2n) is 18.2. The van der Waals surface area contributed by atoms with Gasteiger partial charge in [0.25, 0.3) is 0 Å². The fraction of sp³-hybridized carbons (Fsp3) is 0.129. The van der Waals surface area contributed by atoms with Gasteiger partial charge in [-0.2, -0.15) is 0 Å². The topological polar surface area (TPSA) is 40.6 Å². The van der Waals surface area contributed by atoms with Gasteiger partial charge in [0.2, 0.25) is 11.8 Å². The Kier molecular flexibility index (Phi) is 11.8. The lowest BCUT2D eigenvalue weighted by Gasteiger charge is -2.32. The van der Waals surface area contributed by atoms with E-state index in [0.717, 1.165) is 53.7 Å². The van der Waals surface area contributed by atoms with E-state index in [0.29, 0.717) is 25.9 Å². The summed E-state index contributed by atoms with van der Waals surface area (Å²) in [5, 5.41) is 0. The molecule has 4 atom stereocenters. The minimum absolute atomic E-state index is 0.0623. The monoisotopic (exact) mass is 1010 g/mol. The first-order chi connectivity index (χ1) is 33.4. The Morgan fingerprint density at radius 1 is 0.397 bits per heavy atom. The van der Waals surface area contributed by atoms with Crippen LogP contribution in [0.5, 0.6) is 0 Å². The van der Waals surface area contributed by atoms with Crippen molar-refractivity contribution in [3.8, 4) is 0 Å². The van der Waals surface area contributed by atoms with Gasteiger partial charge in [-0.3, -0.25) is 9.59 Å². The maximum absolute atomic E-state index is 14.5. The fourth-order valence-corrected chi connectivity index (χ4v) is 12.4. The van der Waals surface area contributed by atoms with Gasteiger partial charge in [0.05, 0.1) is 23.9 Å². The van der Waals surface area contributed by atoms with Gasteiger partial charge < -0.3 is 9.80 Å². The summed E-state index contributed by atoms with van der Waals surface area (Å²) >= 11 is 7.58. The molecule has 0 fully saturated rings. The lowest BCUT2D eigenvalue weighted by Crippen LogP contribution is -2.42. The third-order valence-electron chi connectivity index (χ3n) is 14.5. The number of fused-ring (bicyclic) bond motifs is 4. The van der Waals surface area contributed by atoms with Crippen molar-refractivity contribution < 1.29 is 9.59 Å². The number of para-hydroxylation sites is 2. The normalized spacial score (nSPS) is 21.1.